The molecule has 0 radical (unpaired) electrons. The van der Waals surface area contributed by atoms with Crippen LogP contribution in [0.2, 0.25) is 0 Å². The minimum absolute atomic E-state index is 0.259. The molecule has 0 fully saturated rings. The van der Waals surface area contributed by atoms with E-state index in [0.717, 1.165) is 22.4 Å². The van der Waals surface area contributed by atoms with Gasteiger partial charge in [-0.2, -0.15) is 0 Å². The number of hydrogen-bond donors (Lipinski definition) is 2. The summed E-state index contributed by atoms with van der Waals surface area (Å²) in [4.78, 5) is 22.0. The molecule has 1 unspecified atom stereocenters. The van der Waals surface area contributed by atoms with E-state index in [4.69, 9.17) is 24.4 Å². The molecule has 0 amide bonds. The number of hydrogen-bond acceptors (Lipinski definition) is 5. The summed E-state index contributed by atoms with van der Waals surface area (Å²) in [5.74, 6) is -0.471. The van der Waals surface area contributed by atoms with E-state index < -0.39 is 18.0 Å². The second-order valence-electron chi connectivity index (χ2n) is 7.37. The van der Waals surface area contributed by atoms with Crippen molar-refractivity contribution in [2.24, 2.45) is 0 Å². The van der Waals surface area contributed by atoms with E-state index in [0.29, 0.717) is 31.8 Å². The predicted octanol–water partition coefficient (Wildman–Crippen LogP) is 4.54. The lowest BCUT2D eigenvalue weighted by molar-refractivity contribution is -0.148. The molecule has 33 heavy (non-hydrogen) atoms. The van der Waals surface area contributed by atoms with E-state index in [1.54, 1.807) is 24.3 Å². The topological polar surface area (TPSA) is 102 Å². The molecule has 7 nitrogen and oxygen atoms in total. The second kappa shape index (κ2) is 11.7. The number of rotatable bonds is 12. The first-order chi connectivity index (χ1) is 16.0. The van der Waals surface area contributed by atoms with Crippen LogP contribution in [0.5, 0.6) is 11.5 Å². The van der Waals surface area contributed by atoms with Gasteiger partial charge in [-0.25, -0.2) is 9.59 Å². The van der Waals surface area contributed by atoms with Gasteiger partial charge in [0.2, 0.25) is 0 Å². The van der Waals surface area contributed by atoms with Gasteiger partial charge < -0.3 is 24.4 Å². The Kier molecular flexibility index (Phi) is 8.43. The van der Waals surface area contributed by atoms with Gasteiger partial charge >= 0.3 is 11.9 Å². The van der Waals surface area contributed by atoms with E-state index in [1.165, 1.54) is 7.11 Å². The molecule has 0 saturated heterocycles. The number of methoxy groups -OCH3 is 1. The third-order valence-electron chi connectivity index (χ3n) is 5.05. The fourth-order valence-electron chi connectivity index (χ4n) is 3.20. The molecular weight excluding hydrogens is 424 g/mol. The summed E-state index contributed by atoms with van der Waals surface area (Å²) in [7, 11) is 1.38. The van der Waals surface area contributed by atoms with E-state index in [2.05, 4.69) is 0 Å². The first-order valence-electron chi connectivity index (χ1n) is 10.5. The summed E-state index contributed by atoms with van der Waals surface area (Å²) >= 11 is 0. The highest BCUT2D eigenvalue weighted by atomic mass is 16.5. The SMILES string of the molecule is COC(Cc1ccc(OCCCOc2ccc(-c3ccc(C(=O)O)cc3)cc2)cc1)C(=O)O. The predicted molar refractivity (Wildman–Crippen MR) is 123 cm³/mol. The van der Waals surface area contributed by atoms with Crippen molar-refractivity contribution in [2.75, 3.05) is 20.3 Å². The first kappa shape index (κ1) is 23.8. The number of aliphatic carboxylic acids is 1. The van der Waals surface area contributed by atoms with Crippen LogP contribution in [0.1, 0.15) is 22.3 Å². The lowest BCUT2D eigenvalue weighted by Gasteiger charge is -2.11. The van der Waals surface area contributed by atoms with Crippen molar-refractivity contribution in [3.05, 3.63) is 83.9 Å². The lowest BCUT2D eigenvalue weighted by atomic mass is 10.0. The van der Waals surface area contributed by atoms with Gasteiger partial charge in [0.05, 0.1) is 18.8 Å². The van der Waals surface area contributed by atoms with Crippen LogP contribution in [0.25, 0.3) is 11.1 Å². The van der Waals surface area contributed by atoms with Gasteiger partial charge in [0.25, 0.3) is 0 Å². The summed E-state index contributed by atoms with van der Waals surface area (Å²) in [5, 5.41) is 18.0. The Morgan fingerprint density at radius 2 is 1.24 bits per heavy atom. The van der Waals surface area contributed by atoms with Gasteiger partial charge in [-0.15, -0.1) is 0 Å². The van der Waals surface area contributed by atoms with Crippen LogP contribution >= 0.6 is 0 Å². The van der Waals surface area contributed by atoms with Crippen molar-refractivity contribution in [3.8, 4) is 22.6 Å². The number of carboxylic acid groups (broad SMARTS) is 2. The van der Waals surface area contributed by atoms with Gasteiger partial charge in [0, 0.05) is 20.0 Å². The number of carbonyl (C=O) groups is 2. The van der Waals surface area contributed by atoms with Gasteiger partial charge in [0.15, 0.2) is 6.10 Å². The molecule has 3 aromatic carbocycles. The normalized spacial score (nSPS) is 11.5. The standard InChI is InChI=1S/C26H26O7/c1-31-24(26(29)30)17-18-3-11-22(12-4-18)32-15-2-16-33-23-13-9-20(10-14-23)19-5-7-21(8-6-19)25(27)28/h3-14,24H,2,15-17H2,1H3,(H,27,28)(H,29,30). The summed E-state index contributed by atoms with van der Waals surface area (Å²) in [5.41, 5.74) is 3.04. The number of carboxylic acids is 2. The van der Waals surface area contributed by atoms with E-state index in [9.17, 15) is 9.59 Å². The van der Waals surface area contributed by atoms with Crippen LogP contribution in [0.4, 0.5) is 0 Å². The molecule has 0 aliphatic heterocycles. The molecule has 0 heterocycles. The van der Waals surface area contributed by atoms with E-state index in [-0.39, 0.29) is 5.56 Å². The quantitative estimate of drug-likeness (QED) is 0.391. The average Bonchev–Trinajstić information content (AvgIpc) is 2.83. The second-order valence-corrected chi connectivity index (χ2v) is 7.37. The monoisotopic (exact) mass is 450 g/mol. The highest BCUT2D eigenvalue weighted by molar-refractivity contribution is 5.88. The zero-order valence-electron chi connectivity index (χ0n) is 18.3. The van der Waals surface area contributed by atoms with E-state index in [1.807, 2.05) is 48.5 Å². The highest BCUT2D eigenvalue weighted by Crippen LogP contribution is 2.23. The first-order valence-corrected chi connectivity index (χ1v) is 10.5. The largest absolute Gasteiger partial charge is 0.493 e. The van der Waals surface area contributed by atoms with Crippen LogP contribution in [-0.2, 0) is 16.0 Å². The van der Waals surface area contributed by atoms with Crippen molar-refractivity contribution in [1.29, 1.82) is 0 Å². The third-order valence-corrected chi connectivity index (χ3v) is 5.05. The van der Waals surface area contributed by atoms with Crippen molar-refractivity contribution >= 4 is 11.9 Å². The zero-order valence-corrected chi connectivity index (χ0v) is 18.3. The van der Waals surface area contributed by atoms with E-state index >= 15 is 0 Å². The molecule has 3 rings (SSSR count). The Labute approximate surface area is 192 Å². The van der Waals surface area contributed by atoms with Crippen molar-refractivity contribution < 1.29 is 34.0 Å². The Bertz CT molecular complexity index is 1040. The Hall–Kier alpha value is -3.84. The lowest BCUT2D eigenvalue weighted by Crippen LogP contribution is -2.24. The fourth-order valence-corrected chi connectivity index (χ4v) is 3.20. The molecule has 0 saturated carbocycles. The maximum Gasteiger partial charge on any atom is 0.335 e. The van der Waals surface area contributed by atoms with Crippen LogP contribution in [0, 0.1) is 0 Å². The summed E-state index contributed by atoms with van der Waals surface area (Å²) in [6.45, 7) is 0.988. The van der Waals surface area contributed by atoms with Crippen LogP contribution < -0.4 is 9.47 Å². The minimum Gasteiger partial charge on any atom is -0.493 e. The number of benzene rings is 3. The maximum absolute atomic E-state index is 11.0. The zero-order chi connectivity index (χ0) is 23.6. The molecule has 3 aromatic rings. The third kappa shape index (κ3) is 7.08. The average molecular weight is 450 g/mol. The van der Waals surface area contributed by atoms with Crippen LogP contribution in [-0.4, -0.2) is 48.6 Å². The Balaban J connectivity index is 1.39. The molecule has 2 N–H and O–H groups in total. The van der Waals surface area contributed by atoms with Gasteiger partial charge in [0.1, 0.15) is 11.5 Å². The molecule has 0 bridgehead atoms. The summed E-state index contributed by atoms with van der Waals surface area (Å²) < 4.78 is 16.4. The van der Waals surface area contributed by atoms with Crippen molar-refractivity contribution in [3.63, 3.8) is 0 Å². The van der Waals surface area contributed by atoms with Gasteiger partial charge in [-0.1, -0.05) is 36.4 Å². The summed E-state index contributed by atoms with van der Waals surface area (Å²) in [6, 6.07) is 21.6. The molecule has 172 valence electrons. The summed E-state index contributed by atoms with van der Waals surface area (Å²) in [6.07, 6.45) is 0.137. The number of aromatic carboxylic acids is 1. The number of ether oxygens (including phenoxy) is 3. The molecule has 1 atom stereocenters. The molecular formula is C26H26O7. The van der Waals surface area contributed by atoms with Crippen LogP contribution in [0.15, 0.2) is 72.8 Å². The molecule has 0 aliphatic carbocycles. The highest BCUT2D eigenvalue weighted by Gasteiger charge is 2.16. The fraction of sp³-hybridized carbons (Fsp3) is 0.231. The van der Waals surface area contributed by atoms with Crippen molar-refractivity contribution in [2.45, 2.75) is 18.9 Å². The molecule has 7 heteroatoms. The van der Waals surface area contributed by atoms with Gasteiger partial charge in [-0.3, -0.25) is 0 Å². The molecule has 0 spiro atoms. The van der Waals surface area contributed by atoms with Crippen LogP contribution in [0.3, 0.4) is 0 Å². The Morgan fingerprint density at radius 3 is 1.70 bits per heavy atom. The van der Waals surface area contributed by atoms with Crippen molar-refractivity contribution in [1.82, 2.24) is 0 Å². The maximum atomic E-state index is 11.0. The molecule has 0 aliphatic rings. The molecule has 0 aromatic heterocycles. The Morgan fingerprint density at radius 1 is 0.758 bits per heavy atom. The smallest absolute Gasteiger partial charge is 0.335 e. The van der Waals surface area contributed by atoms with Gasteiger partial charge in [-0.05, 0) is 53.1 Å². The minimum atomic E-state index is -0.984.